The van der Waals surface area contributed by atoms with Gasteiger partial charge in [0.15, 0.2) is 11.5 Å². The maximum atomic E-state index is 5.82. The van der Waals surface area contributed by atoms with Crippen LogP contribution < -0.4 is 19.5 Å². The van der Waals surface area contributed by atoms with Crippen molar-refractivity contribution in [2.75, 3.05) is 26.9 Å². The molecule has 1 atom stereocenters. The second-order valence-corrected chi connectivity index (χ2v) is 6.28. The van der Waals surface area contributed by atoms with Gasteiger partial charge in [-0.3, -0.25) is 0 Å². The van der Waals surface area contributed by atoms with Crippen LogP contribution in [-0.4, -0.2) is 32.9 Å². The van der Waals surface area contributed by atoms with Crippen LogP contribution in [0, 0.1) is 0 Å². The second kappa shape index (κ2) is 10.2. The van der Waals surface area contributed by atoms with Gasteiger partial charge in [0.1, 0.15) is 12.4 Å². The lowest BCUT2D eigenvalue weighted by molar-refractivity contribution is 0.272. The van der Waals surface area contributed by atoms with Gasteiger partial charge in [0, 0.05) is 17.5 Å². The van der Waals surface area contributed by atoms with Crippen molar-refractivity contribution in [1.29, 1.82) is 0 Å². The van der Waals surface area contributed by atoms with E-state index in [4.69, 9.17) is 14.2 Å². The van der Waals surface area contributed by atoms with Crippen molar-refractivity contribution in [3.05, 3.63) is 48.0 Å². The highest BCUT2D eigenvalue weighted by atomic mass is 32.1. The van der Waals surface area contributed by atoms with Gasteiger partial charge >= 0.3 is 0 Å². The van der Waals surface area contributed by atoms with Crippen molar-refractivity contribution in [2.45, 2.75) is 31.2 Å². The van der Waals surface area contributed by atoms with E-state index >= 15 is 0 Å². The molecule has 1 unspecified atom stereocenters. The normalized spacial score (nSPS) is 11.8. The van der Waals surface area contributed by atoms with Crippen LogP contribution in [0.5, 0.6) is 17.2 Å². The van der Waals surface area contributed by atoms with Crippen LogP contribution in [0.1, 0.15) is 19.4 Å². The first-order chi connectivity index (χ1) is 12.1. The largest absolute Gasteiger partial charge is 0.496 e. The highest BCUT2D eigenvalue weighted by Gasteiger charge is 2.07. The molecule has 0 spiro atoms. The van der Waals surface area contributed by atoms with Crippen LogP contribution in [0.4, 0.5) is 0 Å². The van der Waals surface area contributed by atoms with Crippen molar-refractivity contribution >= 4 is 12.6 Å². The van der Waals surface area contributed by atoms with Gasteiger partial charge < -0.3 is 19.5 Å². The van der Waals surface area contributed by atoms with Crippen LogP contribution in [-0.2, 0) is 6.42 Å². The molecule has 2 aromatic rings. The summed E-state index contributed by atoms with van der Waals surface area (Å²) in [6.07, 6.45) is 0.924. The molecule has 4 nitrogen and oxygen atoms in total. The Morgan fingerprint density at radius 1 is 1.04 bits per heavy atom. The Hall–Kier alpha value is -1.85. The standard InChI is InChI=1S/C20H27NO3S/c1-4-23-17-7-5-6-8-18(17)24-12-11-21-15(2)13-16-9-10-19(22-3)20(25)14-16/h5-10,14-15,21,25H,4,11-13H2,1-3H3. The highest BCUT2D eigenvalue weighted by Crippen LogP contribution is 2.26. The maximum Gasteiger partial charge on any atom is 0.161 e. The van der Waals surface area contributed by atoms with Crippen molar-refractivity contribution in [3.8, 4) is 17.2 Å². The smallest absolute Gasteiger partial charge is 0.161 e. The number of thiol groups is 1. The summed E-state index contributed by atoms with van der Waals surface area (Å²) >= 11 is 4.45. The summed E-state index contributed by atoms with van der Waals surface area (Å²) in [6, 6.07) is 14.2. The summed E-state index contributed by atoms with van der Waals surface area (Å²) in [5, 5.41) is 3.48. The molecule has 0 amide bonds. The molecule has 0 saturated carbocycles. The van der Waals surface area contributed by atoms with Crippen molar-refractivity contribution in [3.63, 3.8) is 0 Å². The number of nitrogens with one attached hydrogen (secondary N) is 1. The van der Waals surface area contributed by atoms with Crippen LogP contribution >= 0.6 is 12.6 Å². The number of hydrogen-bond acceptors (Lipinski definition) is 5. The summed E-state index contributed by atoms with van der Waals surface area (Å²) < 4.78 is 16.6. The third-order valence-corrected chi connectivity index (χ3v) is 4.14. The molecule has 136 valence electrons. The molecule has 1 N–H and O–H groups in total. The molecule has 0 saturated heterocycles. The lowest BCUT2D eigenvalue weighted by atomic mass is 10.1. The molecular formula is C20H27NO3S. The first-order valence-corrected chi connectivity index (χ1v) is 9.02. The van der Waals surface area contributed by atoms with Crippen molar-refractivity contribution < 1.29 is 14.2 Å². The average molecular weight is 362 g/mol. The number of methoxy groups -OCH3 is 1. The molecule has 0 radical (unpaired) electrons. The minimum Gasteiger partial charge on any atom is -0.496 e. The van der Waals surface area contributed by atoms with Crippen LogP contribution in [0.15, 0.2) is 47.4 Å². The van der Waals surface area contributed by atoms with E-state index in [0.717, 1.165) is 35.1 Å². The lowest BCUT2D eigenvalue weighted by Crippen LogP contribution is -2.31. The summed E-state index contributed by atoms with van der Waals surface area (Å²) in [5.74, 6) is 2.38. The SMILES string of the molecule is CCOc1ccccc1OCCNC(C)Cc1ccc(OC)c(S)c1. The summed E-state index contributed by atoms with van der Waals surface area (Å²) in [7, 11) is 1.66. The Kier molecular flexibility index (Phi) is 7.95. The van der Waals surface area contributed by atoms with Crippen LogP contribution in [0.2, 0.25) is 0 Å². The van der Waals surface area contributed by atoms with E-state index in [9.17, 15) is 0 Å². The molecule has 2 rings (SSSR count). The van der Waals surface area contributed by atoms with Gasteiger partial charge in [0.2, 0.25) is 0 Å². The fourth-order valence-electron chi connectivity index (χ4n) is 2.60. The Bertz CT molecular complexity index is 663. The number of hydrogen-bond donors (Lipinski definition) is 2. The van der Waals surface area contributed by atoms with Crippen molar-refractivity contribution in [1.82, 2.24) is 5.32 Å². The van der Waals surface area contributed by atoms with E-state index in [0.29, 0.717) is 19.3 Å². The number of benzene rings is 2. The van der Waals surface area contributed by atoms with E-state index in [1.54, 1.807) is 7.11 Å². The minimum absolute atomic E-state index is 0.340. The molecule has 0 heterocycles. The van der Waals surface area contributed by atoms with E-state index in [-0.39, 0.29) is 0 Å². The Morgan fingerprint density at radius 2 is 1.76 bits per heavy atom. The van der Waals surface area contributed by atoms with Crippen LogP contribution in [0.3, 0.4) is 0 Å². The number of ether oxygens (including phenoxy) is 3. The molecule has 0 aliphatic carbocycles. The molecule has 0 aliphatic heterocycles. The predicted octanol–water partition coefficient (Wildman–Crippen LogP) is 3.98. The molecule has 2 aromatic carbocycles. The van der Waals surface area contributed by atoms with Gasteiger partial charge in [-0.15, -0.1) is 12.6 Å². The summed E-state index contributed by atoms with van der Waals surface area (Å²) in [4.78, 5) is 0.864. The zero-order chi connectivity index (χ0) is 18.1. The first kappa shape index (κ1) is 19.5. The van der Waals surface area contributed by atoms with Gasteiger partial charge in [0.05, 0.1) is 13.7 Å². The lowest BCUT2D eigenvalue weighted by Gasteiger charge is -2.16. The van der Waals surface area contributed by atoms with Gasteiger partial charge in [-0.2, -0.15) is 0 Å². The molecule has 5 heteroatoms. The fourth-order valence-corrected chi connectivity index (χ4v) is 2.93. The fraction of sp³-hybridized carbons (Fsp3) is 0.400. The van der Waals surface area contributed by atoms with Gasteiger partial charge in [-0.25, -0.2) is 0 Å². The van der Waals surface area contributed by atoms with E-state index in [1.807, 2.05) is 37.3 Å². The van der Waals surface area contributed by atoms with Crippen molar-refractivity contribution in [2.24, 2.45) is 0 Å². The van der Waals surface area contributed by atoms with E-state index in [1.165, 1.54) is 5.56 Å². The van der Waals surface area contributed by atoms with Gasteiger partial charge in [-0.1, -0.05) is 18.2 Å². The molecule has 0 fully saturated rings. The Balaban J connectivity index is 1.75. The minimum atomic E-state index is 0.340. The van der Waals surface area contributed by atoms with E-state index < -0.39 is 0 Å². The quantitative estimate of drug-likeness (QED) is 0.496. The molecule has 0 aromatic heterocycles. The monoisotopic (exact) mass is 361 g/mol. The van der Waals surface area contributed by atoms with Crippen LogP contribution in [0.25, 0.3) is 0 Å². The average Bonchev–Trinajstić information content (AvgIpc) is 2.60. The Labute approximate surface area is 155 Å². The zero-order valence-electron chi connectivity index (χ0n) is 15.1. The number of rotatable bonds is 10. The zero-order valence-corrected chi connectivity index (χ0v) is 16.0. The second-order valence-electron chi connectivity index (χ2n) is 5.79. The number of para-hydroxylation sites is 2. The Morgan fingerprint density at radius 3 is 2.40 bits per heavy atom. The topological polar surface area (TPSA) is 39.7 Å². The predicted molar refractivity (Wildman–Crippen MR) is 105 cm³/mol. The summed E-state index contributed by atoms with van der Waals surface area (Å²) in [5.41, 5.74) is 1.23. The van der Waals surface area contributed by atoms with Gasteiger partial charge in [-0.05, 0) is 50.1 Å². The highest BCUT2D eigenvalue weighted by molar-refractivity contribution is 7.80. The van der Waals surface area contributed by atoms with Gasteiger partial charge in [0.25, 0.3) is 0 Å². The molecule has 25 heavy (non-hydrogen) atoms. The first-order valence-electron chi connectivity index (χ1n) is 8.58. The third kappa shape index (κ3) is 6.18. The third-order valence-electron chi connectivity index (χ3n) is 3.79. The maximum absolute atomic E-state index is 5.82. The van der Waals surface area contributed by atoms with E-state index in [2.05, 4.69) is 37.0 Å². The molecule has 0 bridgehead atoms. The molecule has 0 aliphatic rings. The summed E-state index contributed by atoms with van der Waals surface area (Å²) in [6.45, 7) is 6.12. The molecular weight excluding hydrogens is 334 g/mol.